The number of esters is 1. The third-order valence-electron chi connectivity index (χ3n) is 4.69. The van der Waals surface area contributed by atoms with E-state index in [1.807, 2.05) is 0 Å². The second-order valence-corrected chi connectivity index (χ2v) is 6.53. The summed E-state index contributed by atoms with van der Waals surface area (Å²) in [5.41, 5.74) is -6.26. The maximum atomic E-state index is 14.0. The molecular weight excluding hydrogens is 444 g/mol. The first-order chi connectivity index (χ1) is 14.8. The minimum atomic E-state index is -5.40. The Morgan fingerprint density at radius 1 is 1.06 bits per heavy atom. The number of nitrogens with zero attached hydrogens (tertiary/aromatic N) is 1. The average molecular weight is 455 g/mol. The number of carbonyl (C=O) groups excluding carboxylic acids is 2. The molecular formula is C21H11F6NO4. The third kappa shape index (κ3) is 3.57. The van der Waals surface area contributed by atoms with Crippen LogP contribution < -0.4 is 5.56 Å². The lowest BCUT2D eigenvalue weighted by Gasteiger charge is -2.20. The number of fused-ring (bicyclic) bond motifs is 3. The van der Waals surface area contributed by atoms with Crippen molar-refractivity contribution in [1.82, 2.24) is 4.57 Å². The lowest BCUT2D eigenvalue weighted by molar-refractivity contribution is -0.136. The molecule has 0 atom stereocenters. The Morgan fingerprint density at radius 3 is 2.16 bits per heavy atom. The molecule has 3 aromatic rings. The number of halogens is 6. The number of hydrogen-bond acceptors (Lipinski definition) is 4. The molecule has 0 bridgehead atoms. The van der Waals surface area contributed by atoms with Crippen LogP contribution in [0.4, 0.5) is 26.3 Å². The van der Waals surface area contributed by atoms with Crippen molar-refractivity contribution in [3.05, 3.63) is 57.4 Å². The van der Waals surface area contributed by atoms with E-state index >= 15 is 0 Å². The summed E-state index contributed by atoms with van der Waals surface area (Å²) in [6, 6.07) is 5.19. The van der Waals surface area contributed by atoms with Crippen molar-refractivity contribution in [2.45, 2.75) is 18.9 Å². The highest BCUT2D eigenvalue weighted by molar-refractivity contribution is 6.19. The molecule has 0 aliphatic carbocycles. The van der Waals surface area contributed by atoms with E-state index in [1.165, 1.54) is 12.1 Å². The molecule has 32 heavy (non-hydrogen) atoms. The fraction of sp³-hybridized carbons (Fsp3) is 0.190. The summed E-state index contributed by atoms with van der Waals surface area (Å²) in [7, 11) is 0.733. The number of Topliss-reactive ketones (excluding diaryl/α,β-unsaturated/α-hetero) is 1. The molecule has 0 amide bonds. The maximum Gasteiger partial charge on any atom is 0.454 e. The molecule has 0 fully saturated rings. The van der Waals surface area contributed by atoms with Gasteiger partial charge in [-0.25, -0.2) is 4.79 Å². The topological polar surface area (TPSA) is 65.4 Å². The molecule has 0 spiro atoms. The summed E-state index contributed by atoms with van der Waals surface area (Å²) in [6.07, 6.45) is -5.53. The molecule has 0 radical (unpaired) electrons. The SMILES string of the molecule is C#CCn1c(=O)c(C(=O)OC)c(C(F)(F)F)c2cc(C(=O)C(F)(F)F)c3ccccc3c21. The number of terminal acetylenes is 1. The lowest BCUT2D eigenvalue weighted by atomic mass is 9.93. The van der Waals surface area contributed by atoms with E-state index in [9.17, 15) is 40.7 Å². The second-order valence-electron chi connectivity index (χ2n) is 6.53. The molecule has 0 aliphatic rings. The van der Waals surface area contributed by atoms with Crippen molar-refractivity contribution in [2.24, 2.45) is 0 Å². The van der Waals surface area contributed by atoms with Crippen LogP contribution >= 0.6 is 0 Å². The second kappa shape index (κ2) is 7.71. The Morgan fingerprint density at radius 2 is 1.66 bits per heavy atom. The van der Waals surface area contributed by atoms with Crippen LogP contribution in [0.3, 0.4) is 0 Å². The Hall–Kier alpha value is -3.81. The number of aromatic nitrogens is 1. The van der Waals surface area contributed by atoms with Gasteiger partial charge in [0.2, 0.25) is 0 Å². The number of alkyl halides is 6. The molecule has 11 heteroatoms. The lowest BCUT2D eigenvalue weighted by Crippen LogP contribution is -2.32. The van der Waals surface area contributed by atoms with E-state index in [0.29, 0.717) is 10.6 Å². The Kier molecular flexibility index (Phi) is 5.51. The van der Waals surface area contributed by atoms with Crippen molar-refractivity contribution in [1.29, 1.82) is 0 Å². The minimum Gasteiger partial charge on any atom is -0.465 e. The fourth-order valence-electron chi connectivity index (χ4n) is 3.49. The van der Waals surface area contributed by atoms with Crippen molar-refractivity contribution in [3.8, 4) is 12.3 Å². The van der Waals surface area contributed by atoms with Gasteiger partial charge in [0.25, 0.3) is 11.3 Å². The van der Waals surface area contributed by atoms with Gasteiger partial charge in [-0.05, 0) is 11.5 Å². The number of ether oxygens (including phenoxy) is 1. The first-order valence-corrected chi connectivity index (χ1v) is 8.67. The van der Waals surface area contributed by atoms with Gasteiger partial charge < -0.3 is 4.74 Å². The van der Waals surface area contributed by atoms with Gasteiger partial charge in [0.05, 0.1) is 24.7 Å². The predicted octanol–water partition coefficient (Wildman–Crippen LogP) is 4.34. The van der Waals surface area contributed by atoms with Gasteiger partial charge in [0.15, 0.2) is 0 Å². The molecule has 0 N–H and O–H groups in total. The molecule has 0 saturated heterocycles. The molecule has 5 nitrogen and oxygen atoms in total. The number of ketones is 1. The van der Waals surface area contributed by atoms with E-state index < -0.39 is 63.8 Å². The van der Waals surface area contributed by atoms with E-state index in [2.05, 4.69) is 10.7 Å². The van der Waals surface area contributed by atoms with Crippen LogP contribution in [0.2, 0.25) is 0 Å². The zero-order chi connectivity index (χ0) is 24.0. The van der Waals surface area contributed by atoms with Gasteiger partial charge in [-0.2, -0.15) is 26.3 Å². The normalized spacial score (nSPS) is 12.1. The summed E-state index contributed by atoms with van der Waals surface area (Å²) < 4.78 is 86.7. The summed E-state index contributed by atoms with van der Waals surface area (Å²) >= 11 is 0. The zero-order valence-electron chi connectivity index (χ0n) is 16.0. The van der Waals surface area contributed by atoms with Crippen LogP contribution in [0.1, 0.15) is 26.3 Å². The number of carbonyl (C=O) groups is 2. The van der Waals surface area contributed by atoms with Gasteiger partial charge in [0, 0.05) is 16.3 Å². The molecule has 3 rings (SSSR count). The summed E-state index contributed by atoms with van der Waals surface area (Å²) in [5, 5.41) is -1.57. The van der Waals surface area contributed by atoms with Crippen LogP contribution in [-0.2, 0) is 17.5 Å². The van der Waals surface area contributed by atoms with Crippen LogP contribution in [0.5, 0.6) is 0 Å². The molecule has 166 valence electrons. The molecule has 0 saturated carbocycles. The van der Waals surface area contributed by atoms with Gasteiger partial charge in [-0.3, -0.25) is 14.2 Å². The van der Waals surface area contributed by atoms with Crippen molar-refractivity contribution >= 4 is 33.4 Å². The minimum absolute atomic E-state index is 0.258. The predicted molar refractivity (Wildman–Crippen MR) is 101 cm³/mol. The highest BCUT2D eigenvalue weighted by Crippen LogP contribution is 2.40. The van der Waals surface area contributed by atoms with Gasteiger partial charge in [-0.15, -0.1) is 6.42 Å². The Balaban J connectivity index is 2.76. The average Bonchev–Trinajstić information content (AvgIpc) is 2.71. The van der Waals surface area contributed by atoms with Crippen LogP contribution in [0, 0.1) is 12.3 Å². The van der Waals surface area contributed by atoms with Crippen LogP contribution in [0.25, 0.3) is 21.7 Å². The monoisotopic (exact) mass is 455 g/mol. The van der Waals surface area contributed by atoms with E-state index in [4.69, 9.17) is 6.42 Å². The molecule has 0 aliphatic heterocycles. The number of rotatable bonds is 3. The van der Waals surface area contributed by atoms with E-state index in [0.717, 1.165) is 19.2 Å². The quantitative estimate of drug-likeness (QED) is 0.194. The first kappa shape index (κ1) is 22.9. The van der Waals surface area contributed by atoms with Crippen LogP contribution in [-0.4, -0.2) is 29.6 Å². The maximum absolute atomic E-state index is 14.0. The molecule has 0 unspecified atom stereocenters. The summed E-state index contributed by atoms with van der Waals surface area (Å²) in [5.74, 6) is -1.98. The Labute approximate surface area is 175 Å². The third-order valence-corrected chi connectivity index (χ3v) is 4.69. The Bertz CT molecular complexity index is 1380. The van der Waals surface area contributed by atoms with Crippen LogP contribution in [0.15, 0.2) is 35.1 Å². The smallest absolute Gasteiger partial charge is 0.454 e. The zero-order valence-corrected chi connectivity index (χ0v) is 16.0. The first-order valence-electron chi connectivity index (χ1n) is 8.67. The largest absolute Gasteiger partial charge is 0.465 e. The van der Waals surface area contributed by atoms with Crippen molar-refractivity contribution in [3.63, 3.8) is 0 Å². The van der Waals surface area contributed by atoms with Crippen molar-refractivity contribution in [2.75, 3.05) is 7.11 Å². The fourth-order valence-corrected chi connectivity index (χ4v) is 3.49. The summed E-state index contributed by atoms with van der Waals surface area (Å²) in [4.78, 5) is 37.0. The highest BCUT2D eigenvalue weighted by atomic mass is 19.4. The highest BCUT2D eigenvalue weighted by Gasteiger charge is 2.43. The van der Waals surface area contributed by atoms with E-state index in [-0.39, 0.29) is 10.8 Å². The number of methoxy groups -OCH3 is 1. The number of hydrogen-bond donors (Lipinski definition) is 0. The van der Waals surface area contributed by atoms with Crippen molar-refractivity contribution < 1.29 is 40.7 Å². The van der Waals surface area contributed by atoms with Gasteiger partial charge in [0.1, 0.15) is 5.56 Å². The number of pyridine rings is 1. The molecule has 2 aromatic carbocycles. The number of benzene rings is 2. The summed E-state index contributed by atoms with van der Waals surface area (Å²) in [6.45, 7) is -0.603. The van der Waals surface area contributed by atoms with E-state index in [1.54, 1.807) is 0 Å². The standard InChI is InChI=1S/C21H11F6NO4/c1-3-8-28-16-11-7-5-4-6-10(11)12(17(29)21(25,26)27)9-13(16)15(20(22,23)24)14(18(28)30)19(31)32-2/h1,4-7,9H,8H2,2H3. The molecule has 1 aromatic heterocycles. The van der Waals surface area contributed by atoms with Gasteiger partial charge >= 0.3 is 18.3 Å². The van der Waals surface area contributed by atoms with Gasteiger partial charge in [-0.1, -0.05) is 30.2 Å². The molecule has 1 heterocycles.